The number of carbonyl (C=O) groups excluding carboxylic acids is 1. The van der Waals surface area contributed by atoms with E-state index in [-0.39, 0.29) is 5.91 Å². The summed E-state index contributed by atoms with van der Waals surface area (Å²) in [6.45, 7) is 2.86. The molecular formula is C24H21BrN2O3S. The second-order valence-electron chi connectivity index (χ2n) is 6.78. The van der Waals surface area contributed by atoms with Crippen molar-refractivity contribution in [3.8, 4) is 22.1 Å². The summed E-state index contributed by atoms with van der Waals surface area (Å²) < 4.78 is 12.0. The van der Waals surface area contributed by atoms with E-state index >= 15 is 0 Å². The Hall–Kier alpha value is -2.90. The first-order valence-electron chi connectivity index (χ1n) is 9.82. The molecule has 4 aromatic rings. The Morgan fingerprint density at radius 3 is 2.68 bits per heavy atom. The molecule has 0 aliphatic heterocycles. The highest BCUT2D eigenvalue weighted by Crippen LogP contribution is 2.32. The van der Waals surface area contributed by atoms with E-state index in [1.807, 2.05) is 67.6 Å². The summed E-state index contributed by atoms with van der Waals surface area (Å²) in [7, 11) is 1.60. The van der Waals surface area contributed by atoms with Gasteiger partial charge in [-0.15, -0.1) is 11.3 Å². The summed E-state index contributed by atoms with van der Waals surface area (Å²) in [5.74, 6) is 1.18. The molecule has 0 atom stereocenters. The third-order valence-electron chi connectivity index (χ3n) is 4.77. The van der Waals surface area contributed by atoms with Crippen molar-refractivity contribution in [3.63, 3.8) is 0 Å². The van der Waals surface area contributed by atoms with Crippen LogP contribution in [-0.4, -0.2) is 24.6 Å². The van der Waals surface area contributed by atoms with Gasteiger partial charge in [0, 0.05) is 11.9 Å². The van der Waals surface area contributed by atoms with Gasteiger partial charge in [0.15, 0.2) is 11.5 Å². The smallest absolute Gasteiger partial charge is 0.252 e. The van der Waals surface area contributed by atoms with Gasteiger partial charge in [0.2, 0.25) is 0 Å². The fraction of sp³-hybridized carbons (Fsp3) is 0.167. The topological polar surface area (TPSA) is 60.5 Å². The minimum Gasteiger partial charge on any atom is -0.493 e. The zero-order valence-electron chi connectivity index (χ0n) is 17.1. The van der Waals surface area contributed by atoms with Crippen molar-refractivity contribution in [1.82, 2.24) is 10.3 Å². The number of methoxy groups -OCH3 is 1. The number of halogens is 1. The molecule has 158 valence electrons. The van der Waals surface area contributed by atoms with Gasteiger partial charge in [-0.3, -0.25) is 4.79 Å². The summed E-state index contributed by atoms with van der Waals surface area (Å²) in [5.41, 5.74) is 3.09. The van der Waals surface area contributed by atoms with E-state index in [0.717, 1.165) is 30.8 Å². The number of benzene rings is 2. The van der Waals surface area contributed by atoms with Crippen LogP contribution in [-0.2, 0) is 6.54 Å². The second kappa shape index (κ2) is 9.49. The molecule has 0 unspecified atom stereocenters. The Kier molecular flexibility index (Phi) is 6.53. The molecule has 4 rings (SSSR count). The SMILES string of the molecule is CCOc1ccc(CNC(=O)c2cc(-c3ccc(Br)s3)nc3ccccc23)cc1OC. The summed E-state index contributed by atoms with van der Waals surface area (Å²) in [5, 5.41) is 3.85. The van der Waals surface area contributed by atoms with Crippen molar-refractivity contribution in [2.75, 3.05) is 13.7 Å². The molecule has 2 aromatic carbocycles. The number of thiophene rings is 1. The molecule has 2 aromatic heterocycles. The highest BCUT2D eigenvalue weighted by atomic mass is 79.9. The molecule has 0 aliphatic carbocycles. The Labute approximate surface area is 193 Å². The number of nitrogens with zero attached hydrogens (tertiary/aromatic N) is 1. The number of fused-ring (bicyclic) bond motifs is 1. The molecular weight excluding hydrogens is 476 g/mol. The summed E-state index contributed by atoms with van der Waals surface area (Å²) in [6.07, 6.45) is 0. The molecule has 1 N–H and O–H groups in total. The lowest BCUT2D eigenvalue weighted by Crippen LogP contribution is -2.23. The first-order chi connectivity index (χ1) is 15.1. The van der Waals surface area contributed by atoms with Crippen LogP contribution in [0.15, 0.2) is 64.5 Å². The van der Waals surface area contributed by atoms with Crippen molar-refractivity contribution >= 4 is 44.1 Å². The summed E-state index contributed by atoms with van der Waals surface area (Å²) >= 11 is 5.08. The summed E-state index contributed by atoms with van der Waals surface area (Å²) in [6, 6.07) is 19.2. The van der Waals surface area contributed by atoms with Gasteiger partial charge in [-0.2, -0.15) is 0 Å². The minimum absolute atomic E-state index is 0.150. The second-order valence-corrected chi connectivity index (χ2v) is 9.24. The Bertz CT molecular complexity index is 1240. The predicted octanol–water partition coefficient (Wildman–Crippen LogP) is 6.06. The van der Waals surface area contributed by atoms with Crippen molar-refractivity contribution in [2.45, 2.75) is 13.5 Å². The molecule has 31 heavy (non-hydrogen) atoms. The molecule has 2 heterocycles. The number of hydrogen-bond donors (Lipinski definition) is 1. The molecule has 0 spiro atoms. The van der Waals surface area contributed by atoms with E-state index < -0.39 is 0 Å². The van der Waals surface area contributed by atoms with E-state index in [1.165, 1.54) is 0 Å². The van der Waals surface area contributed by atoms with Gasteiger partial charge in [-0.05, 0) is 64.8 Å². The van der Waals surface area contributed by atoms with Crippen LogP contribution in [0.3, 0.4) is 0 Å². The van der Waals surface area contributed by atoms with Gasteiger partial charge < -0.3 is 14.8 Å². The number of amides is 1. The monoisotopic (exact) mass is 496 g/mol. The normalized spacial score (nSPS) is 10.8. The average molecular weight is 497 g/mol. The van der Waals surface area contributed by atoms with E-state index in [1.54, 1.807) is 18.4 Å². The van der Waals surface area contributed by atoms with Crippen molar-refractivity contribution < 1.29 is 14.3 Å². The molecule has 0 fully saturated rings. The maximum absolute atomic E-state index is 13.1. The Balaban J connectivity index is 1.62. The highest BCUT2D eigenvalue weighted by Gasteiger charge is 2.15. The van der Waals surface area contributed by atoms with Crippen LogP contribution < -0.4 is 14.8 Å². The quantitative estimate of drug-likeness (QED) is 0.337. The van der Waals surface area contributed by atoms with E-state index in [2.05, 4.69) is 21.2 Å². The van der Waals surface area contributed by atoms with Crippen LogP contribution in [0.1, 0.15) is 22.8 Å². The zero-order valence-corrected chi connectivity index (χ0v) is 19.5. The molecule has 1 amide bonds. The van der Waals surface area contributed by atoms with Crippen molar-refractivity contribution in [3.05, 3.63) is 75.6 Å². The van der Waals surface area contributed by atoms with Crippen LogP contribution in [0, 0.1) is 0 Å². The number of hydrogen-bond acceptors (Lipinski definition) is 5. The number of pyridine rings is 1. The van der Waals surface area contributed by atoms with Gasteiger partial charge in [0.25, 0.3) is 5.91 Å². The summed E-state index contributed by atoms with van der Waals surface area (Å²) in [4.78, 5) is 18.9. The maximum Gasteiger partial charge on any atom is 0.252 e. The lowest BCUT2D eigenvalue weighted by atomic mass is 10.1. The van der Waals surface area contributed by atoms with E-state index in [4.69, 9.17) is 14.5 Å². The number of nitrogens with one attached hydrogen (secondary N) is 1. The maximum atomic E-state index is 13.1. The van der Waals surface area contributed by atoms with Crippen LogP contribution in [0.5, 0.6) is 11.5 Å². The minimum atomic E-state index is -0.150. The van der Waals surface area contributed by atoms with Crippen molar-refractivity contribution in [1.29, 1.82) is 0 Å². The lowest BCUT2D eigenvalue weighted by molar-refractivity contribution is 0.0952. The molecule has 7 heteroatoms. The van der Waals surface area contributed by atoms with Crippen LogP contribution in [0.25, 0.3) is 21.5 Å². The fourth-order valence-electron chi connectivity index (χ4n) is 3.32. The molecule has 0 saturated heterocycles. The van der Waals surface area contributed by atoms with Gasteiger partial charge in [-0.25, -0.2) is 4.98 Å². The number of aromatic nitrogens is 1. The van der Waals surface area contributed by atoms with Crippen molar-refractivity contribution in [2.24, 2.45) is 0 Å². The molecule has 0 radical (unpaired) electrons. The number of rotatable bonds is 7. The molecule has 0 saturated carbocycles. The highest BCUT2D eigenvalue weighted by molar-refractivity contribution is 9.11. The third kappa shape index (κ3) is 4.73. The largest absolute Gasteiger partial charge is 0.493 e. The zero-order chi connectivity index (χ0) is 21.8. The van der Waals surface area contributed by atoms with Gasteiger partial charge in [-0.1, -0.05) is 24.3 Å². The first kappa shape index (κ1) is 21.3. The molecule has 0 bridgehead atoms. The Morgan fingerprint density at radius 2 is 1.94 bits per heavy atom. The Morgan fingerprint density at radius 1 is 1.10 bits per heavy atom. The number of ether oxygens (including phenoxy) is 2. The fourth-order valence-corrected chi connectivity index (χ4v) is 4.66. The van der Waals surface area contributed by atoms with Gasteiger partial charge in [0.1, 0.15) is 0 Å². The van der Waals surface area contributed by atoms with E-state index in [0.29, 0.717) is 30.2 Å². The van der Waals surface area contributed by atoms with Crippen LogP contribution in [0.4, 0.5) is 0 Å². The average Bonchev–Trinajstić information content (AvgIpc) is 3.23. The molecule has 5 nitrogen and oxygen atoms in total. The number of para-hydroxylation sites is 1. The third-order valence-corrected chi connectivity index (χ3v) is 6.41. The van der Waals surface area contributed by atoms with E-state index in [9.17, 15) is 4.79 Å². The standard InChI is InChI=1S/C24H21BrN2O3S/c1-3-30-20-9-8-15(12-21(20)29-2)14-26-24(28)17-13-19(22-10-11-23(25)31-22)27-18-7-5-4-6-16(17)18/h4-13H,3,14H2,1-2H3,(H,26,28). The van der Waals surface area contributed by atoms with Gasteiger partial charge >= 0.3 is 0 Å². The van der Waals surface area contributed by atoms with Gasteiger partial charge in [0.05, 0.1) is 39.2 Å². The molecule has 0 aliphatic rings. The number of carbonyl (C=O) groups is 1. The van der Waals surface area contributed by atoms with Crippen LogP contribution >= 0.6 is 27.3 Å². The van der Waals surface area contributed by atoms with Crippen LogP contribution in [0.2, 0.25) is 0 Å². The predicted molar refractivity (Wildman–Crippen MR) is 128 cm³/mol. The lowest BCUT2D eigenvalue weighted by Gasteiger charge is -2.12. The first-order valence-corrected chi connectivity index (χ1v) is 11.4.